The highest BCUT2D eigenvalue weighted by molar-refractivity contribution is 7.89. The van der Waals surface area contributed by atoms with Crippen molar-refractivity contribution in [3.63, 3.8) is 0 Å². The Morgan fingerprint density at radius 2 is 1.95 bits per heavy atom. The second kappa shape index (κ2) is 6.85. The molecular weight excluding hydrogens is 293 g/mol. The highest BCUT2D eigenvalue weighted by Crippen LogP contribution is 2.29. The lowest BCUT2D eigenvalue weighted by Crippen LogP contribution is -2.41. The Labute approximate surface area is 125 Å². The smallest absolute Gasteiger partial charge is 0.246 e. The molecule has 1 aromatic carbocycles. The highest BCUT2D eigenvalue weighted by atomic mass is 32.2. The second-order valence-corrected chi connectivity index (χ2v) is 7.28. The molecule has 0 spiro atoms. The Balaban J connectivity index is 2.38. The van der Waals surface area contributed by atoms with Gasteiger partial charge in [-0.15, -0.1) is 0 Å². The monoisotopic (exact) mass is 315 g/mol. The van der Waals surface area contributed by atoms with Gasteiger partial charge in [-0.05, 0) is 30.5 Å². The van der Waals surface area contributed by atoms with Gasteiger partial charge in [0.2, 0.25) is 10.0 Å². The van der Waals surface area contributed by atoms with Crippen molar-refractivity contribution in [3.8, 4) is 0 Å². The van der Waals surface area contributed by atoms with Crippen LogP contribution in [-0.4, -0.2) is 30.4 Å². The number of hydrogen-bond acceptors (Lipinski definition) is 3. The molecule has 0 bridgehead atoms. The van der Waals surface area contributed by atoms with Crippen molar-refractivity contribution in [1.82, 2.24) is 4.31 Å². The summed E-state index contributed by atoms with van der Waals surface area (Å²) >= 11 is 0. The quantitative estimate of drug-likeness (QED) is 0.909. The number of rotatable bonds is 5. The van der Waals surface area contributed by atoms with Crippen LogP contribution in [0.3, 0.4) is 0 Å². The van der Waals surface area contributed by atoms with E-state index in [-0.39, 0.29) is 17.5 Å². The summed E-state index contributed by atoms with van der Waals surface area (Å²) in [7, 11) is -3.87. The van der Waals surface area contributed by atoms with E-state index in [1.807, 2.05) is 0 Å². The molecular formula is C15H22FNO3S. The van der Waals surface area contributed by atoms with Gasteiger partial charge in [0, 0.05) is 12.6 Å². The normalized spacial score (nSPS) is 17.3. The average molecular weight is 315 g/mol. The molecule has 0 unspecified atom stereocenters. The summed E-state index contributed by atoms with van der Waals surface area (Å²) in [6.45, 7) is 1.80. The zero-order valence-electron chi connectivity index (χ0n) is 12.3. The number of nitrogens with zero attached hydrogens (tertiary/aromatic N) is 1. The van der Waals surface area contributed by atoms with Crippen molar-refractivity contribution in [2.45, 2.75) is 56.6 Å². The fourth-order valence-corrected chi connectivity index (χ4v) is 4.77. The first-order valence-electron chi connectivity index (χ1n) is 7.41. The van der Waals surface area contributed by atoms with Gasteiger partial charge in [0.05, 0.1) is 6.61 Å². The third kappa shape index (κ3) is 3.44. The number of hydrogen-bond donors (Lipinski definition) is 1. The SMILES string of the molecule is CCN(C1CCCCC1)S(=O)(=O)c1cc(CO)ccc1F. The Hall–Kier alpha value is -0.980. The van der Waals surface area contributed by atoms with Crippen LogP contribution in [0.5, 0.6) is 0 Å². The minimum atomic E-state index is -3.87. The van der Waals surface area contributed by atoms with Crippen LogP contribution in [-0.2, 0) is 16.6 Å². The molecule has 21 heavy (non-hydrogen) atoms. The molecule has 1 aliphatic carbocycles. The van der Waals surface area contributed by atoms with E-state index in [0.717, 1.165) is 38.2 Å². The van der Waals surface area contributed by atoms with Gasteiger partial charge in [-0.1, -0.05) is 32.3 Å². The van der Waals surface area contributed by atoms with E-state index in [9.17, 15) is 12.8 Å². The van der Waals surface area contributed by atoms with E-state index in [2.05, 4.69) is 0 Å². The van der Waals surface area contributed by atoms with Gasteiger partial charge in [-0.25, -0.2) is 12.8 Å². The van der Waals surface area contributed by atoms with Gasteiger partial charge in [-0.3, -0.25) is 0 Å². The summed E-state index contributed by atoms with van der Waals surface area (Å²) < 4.78 is 40.9. The standard InChI is InChI=1S/C15H22FNO3S/c1-2-17(13-6-4-3-5-7-13)21(19,20)15-10-12(11-18)8-9-14(15)16/h8-10,13,18H,2-7,11H2,1H3. The third-order valence-electron chi connectivity index (χ3n) is 4.06. The third-order valence-corrected chi connectivity index (χ3v) is 6.10. The zero-order valence-corrected chi connectivity index (χ0v) is 13.1. The molecule has 2 rings (SSSR count). The first kappa shape index (κ1) is 16.4. The minimum Gasteiger partial charge on any atom is -0.392 e. The molecule has 0 aromatic heterocycles. The Bertz CT molecular complexity index is 583. The summed E-state index contributed by atoms with van der Waals surface area (Å²) in [5, 5.41) is 9.13. The summed E-state index contributed by atoms with van der Waals surface area (Å²) in [5.41, 5.74) is 0.398. The zero-order chi connectivity index (χ0) is 15.5. The van der Waals surface area contributed by atoms with Crippen molar-refractivity contribution in [3.05, 3.63) is 29.6 Å². The molecule has 1 aromatic rings. The van der Waals surface area contributed by atoms with Crippen LogP contribution in [0.2, 0.25) is 0 Å². The molecule has 0 amide bonds. The Morgan fingerprint density at radius 1 is 1.29 bits per heavy atom. The Morgan fingerprint density at radius 3 is 2.52 bits per heavy atom. The predicted octanol–water partition coefficient (Wildman–Crippen LogP) is 2.66. The summed E-state index contributed by atoms with van der Waals surface area (Å²) in [5.74, 6) is -0.763. The maximum absolute atomic E-state index is 14.0. The number of halogens is 1. The van der Waals surface area contributed by atoms with E-state index in [4.69, 9.17) is 5.11 Å². The van der Waals surface area contributed by atoms with E-state index < -0.39 is 15.8 Å². The molecule has 0 atom stereocenters. The molecule has 6 heteroatoms. The van der Waals surface area contributed by atoms with Gasteiger partial charge in [0.1, 0.15) is 10.7 Å². The van der Waals surface area contributed by atoms with Crippen molar-refractivity contribution in [2.24, 2.45) is 0 Å². The van der Waals surface area contributed by atoms with Crippen LogP contribution in [0.25, 0.3) is 0 Å². The lowest BCUT2D eigenvalue weighted by atomic mass is 9.95. The van der Waals surface area contributed by atoms with Crippen LogP contribution in [0.4, 0.5) is 4.39 Å². The van der Waals surface area contributed by atoms with Crippen LogP contribution in [0.1, 0.15) is 44.6 Å². The lowest BCUT2D eigenvalue weighted by molar-refractivity contribution is 0.260. The van der Waals surface area contributed by atoms with Crippen molar-refractivity contribution in [2.75, 3.05) is 6.54 Å². The topological polar surface area (TPSA) is 57.6 Å². The minimum absolute atomic E-state index is 0.0501. The van der Waals surface area contributed by atoms with E-state index in [0.29, 0.717) is 12.1 Å². The van der Waals surface area contributed by atoms with Crippen molar-refractivity contribution < 1.29 is 17.9 Å². The first-order valence-corrected chi connectivity index (χ1v) is 8.85. The molecule has 4 nitrogen and oxygen atoms in total. The fraction of sp³-hybridized carbons (Fsp3) is 0.600. The molecule has 0 saturated heterocycles. The largest absolute Gasteiger partial charge is 0.392 e. The Kier molecular flexibility index (Phi) is 5.35. The van der Waals surface area contributed by atoms with Crippen LogP contribution in [0, 0.1) is 5.82 Å². The summed E-state index contributed by atoms with van der Waals surface area (Å²) in [6.07, 6.45) is 4.80. The van der Waals surface area contributed by atoms with Gasteiger partial charge < -0.3 is 5.11 Å². The average Bonchev–Trinajstić information content (AvgIpc) is 2.49. The van der Waals surface area contributed by atoms with Crippen LogP contribution in [0.15, 0.2) is 23.1 Å². The van der Waals surface area contributed by atoms with Crippen molar-refractivity contribution >= 4 is 10.0 Å². The maximum Gasteiger partial charge on any atom is 0.246 e. The number of benzene rings is 1. The highest BCUT2D eigenvalue weighted by Gasteiger charge is 2.33. The summed E-state index contributed by atoms with van der Waals surface area (Å²) in [4.78, 5) is -0.332. The van der Waals surface area contributed by atoms with E-state index in [1.165, 1.54) is 16.4 Å². The second-order valence-electron chi connectivity index (χ2n) is 5.42. The number of sulfonamides is 1. The molecule has 1 aliphatic rings. The molecule has 0 radical (unpaired) electrons. The van der Waals surface area contributed by atoms with Gasteiger partial charge in [0.25, 0.3) is 0 Å². The molecule has 118 valence electrons. The van der Waals surface area contributed by atoms with Crippen LogP contribution < -0.4 is 0 Å². The maximum atomic E-state index is 14.0. The lowest BCUT2D eigenvalue weighted by Gasteiger charge is -2.32. The molecule has 1 N–H and O–H groups in total. The molecule has 0 aliphatic heterocycles. The first-order chi connectivity index (χ1) is 10.0. The van der Waals surface area contributed by atoms with E-state index in [1.54, 1.807) is 6.92 Å². The summed E-state index contributed by atoms with van der Waals surface area (Å²) in [6, 6.07) is 3.68. The van der Waals surface area contributed by atoms with Gasteiger partial charge in [0.15, 0.2) is 0 Å². The molecule has 1 saturated carbocycles. The van der Waals surface area contributed by atoms with E-state index >= 15 is 0 Å². The van der Waals surface area contributed by atoms with Crippen LogP contribution >= 0.6 is 0 Å². The molecule has 1 fully saturated rings. The van der Waals surface area contributed by atoms with Crippen molar-refractivity contribution in [1.29, 1.82) is 0 Å². The predicted molar refractivity (Wildman–Crippen MR) is 78.8 cm³/mol. The van der Waals surface area contributed by atoms with Gasteiger partial charge in [-0.2, -0.15) is 4.31 Å². The van der Waals surface area contributed by atoms with Gasteiger partial charge >= 0.3 is 0 Å². The number of aliphatic hydroxyl groups is 1. The molecule has 0 heterocycles. The fourth-order valence-electron chi connectivity index (χ4n) is 2.96. The number of aliphatic hydroxyl groups excluding tert-OH is 1.